The highest BCUT2D eigenvalue weighted by Gasteiger charge is 2.76. The summed E-state index contributed by atoms with van der Waals surface area (Å²) in [7, 11) is 0. The molecule has 0 radical (unpaired) electrons. The van der Waals surface area contributed by atoms with E-state index < -0.39 is 109 Å². The molecular weight excluding hydrogens is 688 g/mol. The lowest BCUT2D eigenvalue weighted by Gasteiger charge is -2.45. The van der Waals surface area contributed by atoms with Gasteiger partial charge in [-0.3, -0.25) is 4.79 Å². The van der Waals surface area contributed by atoms with E-state index in [1.807, 2.05) is 37.3 Å². The number of esters is 2. The number of aliphatic hydroxyl groups excluding tert-OH is 6. The van der Waals surface area contributed by atoms with Crippen LogP contribution in [0.25, 0.3) is 6.08 Å². The molecule has 5 heterocycles. The number of rotatable bonds is 8. The maximum atomic E-state index is 13.7. The monoisotopic (exact) mass is 736 g/mol. The van der Waals surface area contributed by atoms with Crippen molar-refractivity contribution in [1.29, 1.82) is 0 Å². The van der Waals surface area contributed by atoms with E-state index in [9.17, 15) is 40.2 Å². The molecular formula is C36H48O16. The summed E-state index contributed by atoms with van der Waals surface area (Å²) in [5.41, 5.74) is 0.109. The summed E-state index contributed by atoms with van der Waals surface area (Å²) in [6.45, 7) is 3.33. The molecule has 7 rings (SSSR count). The number of epoxide rings is 1. The molecule has 0 bridgehead atoms. The minimum atomic E-state index is -1.76. The third-order valence-corrected chi connectivity index (χ3v) is 11.5. The zero-order chi connectivity index (χ0) is 36.9. The Balaban J connectivity index is 1.01. The van der Waals surface area contributed by atoms with Gasteiger partial charge in [0.25, 0.3) is 0 Å². The molecule has 16 heteroatoms. The lowest BCUT2D eigenvalue weighted by Crippen LogP contribution is -2.64. The van der Waals surface area contributed by atoms with E-state index >= 15 is 0 Å². The number of hydrogen-bond donors (Lipinski definition) is 6. The summed E-state index contributed by atoms with van der Waals surface area (Å²) in [5.74, 6) is -3.28. The van der Waals surface area contributed by atoms with Gasteiger partial charge in [-0.1, -0.05) is 37.3 Å². The fourth-order valence-electron chi connectivity index (χ4n) is 8.28. The molecule has 288 valence electrons. The van der Waals surface area contributed by atoms with E-state index in [-0.39, 0.29) is 31.3 Å². The van der Waals surface area contributed by atoms with E-state index in [2.05, 4.69) is 0 Å². The first kappa shape index (κ1) is 37.7. The van der Waals surface area contributed by atoms with Crippen LogP contribution in [0.3, 0.4) is 0 Å². The van der Waals surface area contributed by atoms with E-state index in [1.165, 1.54) is 13.0 Å². The molecule has 17 unspecified atom stereocenters. The minimum absolute atomic E-state index is 0.106. The number of carbonyl (C=O) groups is 2. The second-order valence-electron chi connectivity index (χ2n) is 14.8. The molecule has 1 aromatic rings. The van der Waals surface area contributed by atoms with Crippen LogP contribution in [-0.4, -0.2) is 147 Å². The van der Waals surface area contributed by atoms with Crippen molar-refractivity contribution in [2.24, 2.45) is 17.8 Å². The molecule has 6 fully saturated rings. The quantitative estimate of drug-likeness (QED) is 0.108. The number of hydrogen-bond acceptors (Lipinski definition) is 16. The predicted molar refractivity (Wildman–Crippen MR) is 173 cm³/mol. The Hall–Kier alpha value is -2.58. The number of aliphatic hydroxyl groups is 6. The Morgan fingerprint density at radius 3 is 2.37 bits per heavy atom. The standard InChI is InChI=1S/C36H48O16/c1-17-15-45-36(13-23(17)48-25(38)11-8-19-6-4-3-5-7-19)35(16-46-35)21-10-9-20(12-22(21)52-36)32(44)51-34-31(29(42)27(40)24(14-37)49-34)50-33-30(43)28(41)26(39)18(2)47-33/h3-8,11,17-18,20-24,26-31,33-34,37,39-43H,9-10,12-16H2,1-2H3. The maximum absolute atomic E-state index is 13.7. The number of fused-ring (bicyclic) bond motifs is 3. The number of benzene rings is 1. The van der Waals surface area contributed by atoms with Gasteiger partial charge < -0.3 is 68.5 Å². The molecule has 2 spiro atoms. The predicted octanol–water partition coefficient (Wildman–Crippen LogP) is -0.857. The van der Waals surface area contributed by atoms with Crippen LogP contribution < -0.4 is 0 Å². The van der Waals surface area contributed by atoms with Crippen molar-refractivity contribution in [2.75, 3.05) is 19.8 Å². The second kappa shape index (κ2) is 14.9. The highest BCUT2D eigenvalue weighted by molar-refractivity contribution is 5.87. The summed E-state index contributed by atoms with van der Waals surface area (Å²) in [4.78, 5) is 26.5. The zero-order valence-corrected chi connectivity index (χ0v) is 28.9. The van der Waals surface area contributed by atoms with Crippen molar-refractivity contribution >= 4 is 18.0 Å². The highest BCUT2D eigenvalue weighted by Crippen LogP contribution is 2.62. The Labute approximate surface area is 300 Å². The third kappa shape index (κ3) is 6.93. The van der Waals surface area contributed by atoms with Crippen LogP contribution in [0.1, 0.15) is 45.1 Å². The van der Waals surface area contributed by atoms with Gasteiger partial charge in [-0.2, -0.15) is 0 Å². The average Bonchev–Trinajstić information content (AvgIpc) is 3.91. The number of ether oxygens (including phenoxy) is 8. The molecule has 5 aliphatic heterocycles. The van der Waals surface area contributed by atoms with Gasteiger partial charge in [-0.15, -0.1) is 0 Å². The Morgan fingerprint density at radius 1 is 0.904 bits per heavy atom. The Morgan fingerprint density at radius 2 is 1.65 bits per heavy atom. The van der Waals surface area contributed by atoms with Gasteiger partial charge in [-0.05, 0) is 37.8 Å². The highest BCUT2D eigenvalue weighted by atomic mass is 16.8. The van der Waals surface area contributed by atoms with Crippen LogP contribution in [0.2, 0.25) is 0 Å². The van der Waals surface area contributed by atoms with Crippen molar-refractivity contribution in [3.05, 3.63) is 42.0 Å². The van der Waals surface area contributed by atoms with Gasteiger partial charge in [0.1, 0.15) is 42.7 Å². The molecule has 1 aliphatic carbocycles. The fraction of sp³-hybridized carbons (Fsp3) is 0.722. The molecule has 5 saturated heterocycles. The van der Waals surface area contributed by atoms with Crippen molar-refractivity contribution in [1.82, 2.24) is 0 Å². The van der Waals surface area contributed by atoms with Gasteiger partial charge in [0.2, 0.25) is 12.1 Å². The smallest absolute Gasteiger partial charge is 0.331 e. The van der Waals surface area contributed by atoms with Crippen LogP contribution >= 0.6 is 0 Å². The summed E-state index contributed by atoms with van der Waals surface area (Å²) in [6.07, 6.45) is -11.9. The first-order valence-electron chi connectivity index (χ1n) is 17.9. The largest absolute Gasteiger partial charge is 0.459 e. The molecule has 17 atom stereocenters. The SMILES string of the molecule is CC1COC2(CC1OC(=O)C=Cc1ccccc1)OC1CC(C(=O)OC3OC(CO)C(O)C(O)C3OC3OC(C)C(O)C(O)C3O)CCC1C21CO1. The molecule has 16 nitrogen and oxygen atoms in total. The van der Waals surface area contributed by atoms with Gasteiger partial charge in [-0.25, -0.2) is 4.79 Å². The van der Waals surface area contributed by atoms with E-state index in [0.29, 0.717) is 19.4 Å². The van der Waals surface area contributed by atoms with Gasteiger partial charge in [0, 0.05) is 24.3 Å². The van der Waals surface area contributed by atoms with E-state index in [1.54, 1.807) is 6.08 Å². The lowest BCUT2D eigenvalue weighted by atomic mass is 9.72. The van der Waals surface area contributed by atoms with Crippen molar-refractivity contribution < 1.29 is 78.1 Å². The summed E-state index contributed by atoms with van der Waals surface area (Å²) in [6, 6.07) is 9.41. The number of carbonyl (C=O) groups excluding carboxylic acids is 2. The first-order valence-corrected chi connectivity index (χ1v) is 17.9. The Bertz CT molecular complexity index is 1450. The first-order chi connectivity index (χ1) is 24.9. The van der Waals surface area contributed by atoms with Crippen molar-refractivity contribution in [3.63, 3.8) is 0 Å². The van der Waals surface area contributed by atoms with Crippen LogP contribution in [0, 0.1) is 17.8 Å². The second-order valence-corrected chi connectivity index (χ2v) is 14.8. The molecule has 1 saturated carbocycles. The zero-order valence-electron chi connectivity index (χ0n) is 28.9. The summed E-state index contributed by atoms with van der Waals surface area (Å²) < 4.78 is 47.6. The molecule has 0 amide bonds. The molecule has 1 aromatic carbocycles. The van der Waals surface area contributed by atoms with E-state index in [0.717, 1.165) is 5.56 Å². The van der Waals surface area contributed by atoms with Gasteiger partial charge >= 0.3 is 11.9 Å². The molecule has 0 aromatic heterocycles. The van der Waals surface area contributed by atoms with Crippen LogP contribution in [0.15, 0.2) is 36.4 Å². The topological polar surface area (TPSA) is 233 Å². The average molecular weight is 737 g/mol. The van der Waals surface area contributed by atoms with Crippen LogP contribution in [0.4, 0.5) is 0 Å². The maximum Gasteiger partial charge on any atom is 0.331 e. The van der Waals surface area contributed by atoms with Gasteiger partial charge in [0.15, 0.2) is 18.0 Å². The molecule has 6 aliphatic rings. The minimum Gasteiger partial charge on any atom is -0.459 e. The summed E-state index contributed by atoms with van der Waals surface area (Å²) >= 11 is 0. The summed E-state index contributed by atoms with van der Waals surface area (Å²) in [5, 5.41) is 62.1. The van der Waals surface area contributed by atoms with Crippen LogP contribution in [-0.2, 0) is 47.5 Å². The van der Waals surface area contributed by atoms with Crippen molar-refractivity contribution in [2.45, 2.75) is 125 Å². The van der Waals surface area contributed by atoms with Gasteiger partial charge in [0.05, 0.1) is 37.9 Å². The third-order valence-electron chi connectivity index (χ3n) is 11.5. The van der Waals surface area contributed by atoms with E-state index in [4.69, 9.17) is 37.9 Å². The lowest BCUT2D eigenvalue weighted by molar-refractivity contribution is -0.360. The Kier molecular flexibility index (Phi) is 10.8. The van der Waals surface area contributed by atoms with Crippen LogP contribution in [0.5, 0.6) is 0 Å². The molecule has 52 heavy (non-hydrogen) atoms. The molecule has 6 N–H and O–H groups in total. The normalized spacial score (nSPS) is 47.3. The van der Waals surface area contributed by atoms with Crippen molar-refractivity contribution in [3.8, 4) is 0 Å². The fourth-order valence-corrected chi connectivity index (χ4v) is 8.28.